The molecule has 0 saturated heterocycles. The van der Waals surface area contributed by atoms with E-state index in [2.05, 4.69) is 26.0 Å². The Balaban J connectivity index is 2.10. The van der Waals surface area contributed by atoms with Gasteiger partial charge in [0.1, 0.15) is 0 Å². The van der Waals surface area contributed by atoms with Crippen molar-refractivity contribution in [1.29, 1.82) is 0 Å². The van der Waals surface area contributed by atoms with Crippen LogP contribution in [0.25, 0.3) is 0 Å². The van der Waals surface area contributed by atoms with E-state index < -0.39 is 5.54 Å². The van der Waals surface area contributed by atoms with Crippen LogP contribution >= 0.6 is 0 Å². The summed E-state index contributed by atoms with van der Waals surface area (Å²) in [6.45, 7) is 4.17. The Morgan fingerprint density at radius 2 is 1.88 bits per heavy atom. The minimum atomic E-state index is -0.543. The van der Waals surface area contributed by atoms with Crippen LogP contribution in [0.3, 0.4) is 0 Å². The van der Waals surface area contributed by atoms with E-state index >= 15 is 0 Å². The minimum absolute atomic E-state index is 0.207. The number of ketones is 1. The second-order valence-corrected chi connectivity index (χ2v) is 5.38. The predicted molar refractivity (Wildman–Crippen MR) is 70.0 cm³/mol. The average Bonchev–Trinajstić information content (AvgIpc) is 2.72. The van der Waals surface area contributed by atoms with E-state index in [4.69, 9.17) is 5.73 Å². The number of hydrogen-bond donors (Lipinski definition) is 1. The van der Waals surface area contributed by atoms with Crippen molar-refractivity contribution in [2.75, 3.05) is 0 Å². The van der Waals surface area contributed by atoms with Crippen LogP contribution in [0.2, 0.25) is 0 Å². The molecule has 1 aromatic carbocycles. The molecular formula is C15H21NO. The average molecular weight is 231 g/mol. The Hall–Kier alpha value is -1.15. The quantitative estimate of drug-likeness (QED) is 0.869. The van der Waals surface area contributed by atoms with Crippen LogP contribution in [0.4, 0.5) is 0 Å². The lowest BCUT2D eigenvalue weighted by molar-refractivity contribution is -0.123. The van der Waals surface area contributed by atoms with Crippen molar-refractivity contribution in [3.8, 4) is 0 Å². The zero-order valence-corrected chi connectivity index (χ0v) is 10.8. The molecule has 1 aliphatic carbocycles. The van der Waals surface area contributed by atoms with Crippen molar-refractivity contribution >= 4 is 5.78 Å². The van der Waals surface area contributed by atoms with Crippen LogP contribution in [-0.4, -0.2) is 11.3 Å². The van der Waals surface area contributed by atoms with Crippen molar-refractivity contribution in [2.45, 2.75) is 51.5 Å². The zero-order valence-electron chi connectivity index (χ0n) is 10.8. The molecule has 0 atom stereocenters. The standard InChI is InChI=1S/C15H21NO/c1-11-5-6-13(9-12(11)2)10-14(17)15(16)7-3-4-8-15/h5-6,9H,3-4,7-8,10,16H2,1-2H3. The van der Waals surface area contributed by atoms with Gasteiger partial charge in [0.05, 0.1) is 5.54 Å². The largest absolute Gasteiger partial charge is 0.319 e. The van der Waals surface area contributed by atoms with E-state index in [1.165, 1.54) is 11.1 Å². The Morgan fingerprint density at radius 1 is 1.24 bits per heavy atom. The highest BCUT2D eigenvalue weighted by atomic mass is 16.1. The Bertz CT molecular complexity index is 431. The third-order valence-corrected chi connectivity index (χ3v) is 3.99. The van der Waals surface area contributed by atoms with Gasteiger partial charge in [-0.1, -0.05) is 31.0 Å². The molecule has 0 radical (unpaired) electrons. The van der Waals surface area contributed by atoms with Gasteiger partial charge in [0.2, 0.25) is 0 Å². The molecule has 2 N–H and O–H groups in total. The fraction of sp³-hybridized carbons (Fsp3) is 0.533. The van der Waals surface area contributed by atoms with Crippen LogP contribution in [0, 0.1) is 13.8 Å². The number of hydrogen-bond acceptors (Lipinski definition) is 2. The maximum absolute atomic E-state index is 12.2. The van der Waals surface area contributed by atoms with Crippen molar-refractivity contribution < 1.29 is 4.79 Å². The molecule has 1 saturated carbocycles. The fourth-order valence-electron chi connectivity index (χ4n) is 2.56. The molecule has 2 rings (SSSR count). The summed E-state index contributed by atoms with van der Waals surface area (Å²) in [6, 6.07) is 6.22. The Kier molecular flexibility index (Phi) is 3.34. The van der Waals surface area contributed by atoms with Crippen molar-refractivity contribution in [2.24, 2.45) is 5.73 Å². The number of aryl methyl sites for hydroxylation is 2. The maximum Gasteiger partial charge on any atom is 0.156 e. The molecule has 0 spiro atoms. The van der Waals surface area contributed by atoms with E-state index in [0.717, 1.165) is 31.2 Å². The third-order valence-electron chi connectivity index (χ3n) is 3.99. The fourth-order valence-corrected chi connectivity index (χ4v) is 2.56. The van der Waals surface area contributed by atoms with Crippen molar-refractivity contribution in [3.63, 3.8) is 0 Å². The summed E-state index contributed by atoms with van der Waals surface area (Å²) in [6.07, 6.45) is 4.38. The monoisotopic (exact) mass is 231 g/mol. The maximum atomic E-state index is 12.2. The molecular weight excluding hydrogens is 210 g/mol. The first-order valence-corrected chi connectivity index (χ1v) is 6.40. The molecule has 17 heavy (non-hydrogen) atoms. The Morgan fingerprint density at radius 3 is 2.47 bits per heavy atom. The van der Waals surface area contributed by atoms with Crippen molar-refractivity contribution in [1.82, 2.24) is 0 Å². The summed E-state index contributed by atoms with van der Waals surface area (Å²) in [5.74, 6) is 0.207. The molecule has 2 heteroatoms. The van der Waals surface area contributed by atoms with Crippen LogP contribution in [0.15, 0.2) is 18.2 Å². The van der Waals surface area contributed by atoms with Gasteiger partial charge in [0.25, 0.3) is 0 Å². The lowest BCUT2D eigenvalue weighted by atomic mass is 9.89. The van der Waals surface area contributed by atoms with Gasteiger partial charge in [-0.15, -0.1) is 0 Å². The number of rotatable bonds is 3. The first-order valence-electron chi connectivity index (χ1n) is 6.40. The molecule has 0 aromatic heterocycles. The highest BCUT2D eigenvalue weighted by molar-refractivity contribution is 5.90. The SMILES string of the molecule is Cc1ccc(CC(=O)C2(N)CCCC2)cc1C. The second-order valence-electron chi connectivity index (χ2n) is 5.38. The lowest BCUT2D eigenvalue weighted by Gasteiger charge is -2.21. The van der Waals surface area contributed by atoms with Gasteiger partial charge in [0, 0.05) is 6.42 Å². The minimum Gasteiger partial charge on any atom is -0.319 e. The molecule has 92 valence electrons. The van der Waals surface area contributed by atoms with E-state index in [-0.39, 0.29) is 5.78 Å². The molecule has 1 aliphatic rings. The number of Topliss-reactive ketones (excluding diaryl/α,β-unsaturated/α-hetero) is 1. The highest BCUT2D eigenvalue weighted by Gasteiger charge is 2.36. The van der Waals surface area contributed by atoms with Gasteiger partial charge in [-0.25, -0.2) is 0 Å². The summed E-state index contributed by atoms with van der Waals surface area (Å²) in [5, 5.41) is 0. The summed E-state index contributed by atoms with van der Waals surface area (Å²) < 4.78 is 0. The van der Waals surface area contributed by atoms with Gasteiger partial charge in [-0.2, -0.15) is 0 Å². The highest BCUT2D eigenvalue weighted by Crippen LogP contribution is 2.29. The van der Waals surface area contributed by atoms with Gasteiger partial charge in [0.15, 0.2) is 5.78 Å². The Labute approximate surface area is 103 Å². The number of carbonyl (C=O) groups excluding carboxylic acids is 1. The lowest BCUT2D eigenvalue weighted by Crippen LogP contribution is -2.46. The van der Waals surface area contributed by atoms with E-state index in [1.807, 2.05) is 6.07 Å². The predicted octanol–water partition coefficient (Wildman–Crippen LogP) is 2.69. The van der Waals surface area contributed by atoms with Gasteiger partial charge in [-0.3, -0.25) is 4.79 Å². The molecule has 0 unspecified atom stereocenters. The van der Waals surface area contributed by atoms with Gasteiger partial charge >= 0.3 is 0 Å². The first kappa shape index (κ1) is 12.3. The van der Waals surface area contributed by atoms with E-state index in [0.29, 0.717) is 6.42 Å². The molecule has 0 heterocycles. The molecule has 0 aliphatic heterocycles. The summed E-state index contributed by atoms with van der Waals surface area (Å²) >= 11 is 0. The summed E-state index contributed by atoms with van der Waals surface area (Å²) in [4.78, 5) is 12.2. The van der Waals surface area contributed by atoms with E-state index in [9.17, 15) is 4.79 Å². The molecule has 1 aromatic rings. The topological polar surface area (TPSA) is 43.1 Å². The third kappa shape index (κ3) is 2.58. The number of carbonyl (C=O) groups is 1. The van der Waals surface area contributed by atoms with Crippen LogP contribution in [0.1, 0.15) is 42.4 Å². The smallest absolute Gasteiger partial charge is 0.156 e. The molecule has 2 nitrogen and oxygen atoms in total. The second kappa shape index (κ2) is 4.61. The van der Waals surface area contributed by atoms with Crippen LogP contribution in [0.5, 0.6) is 0 Å². The van der Waals surface area contributed by atoms with Gasteiger partial charge in [-0.05, 0) is 43.4 Å². The first-order chi connectivity index (χ1) is 8.01. The summed E-state index contributed by atoms with van der Waals surface area (Å²) in [7, 11) is 0. The van der Waals surface area contributed by atoms with Crippen LogP contribution in [-0.2, 0) is 11.2 Å². The van der Waals surface area contributed by atoms with Crippen LogP contribution < -0.4 is 5.73 Å². The molecule has 0 bridgehead atoms. The molecule has 1 fully saturated rings. The normalized spacial score (nSPS) is 18.3. The number of benzene rings is 1. The van der Waals surface area contributed by atoms with E-state index in [1.54, 1.807) is 0 Å². The van der Waals surface area contributed by atoms with Crippen molar-refractivity contribution in [3.05, 3.63) is 34.9 Å². The number of nitrogens with two attached hydrogens (primary N) is 1. The molecule has 0 amide bonds. The zero-order chi connectivity index (χ0) is 12.5. The van der Waals surface area contributed by atoms with Gasteiger partial charge < -0.3 is 5.73 Å². The summed E-state index contributed by atoms with van der Waals surface area (Å²) in [5.41, 5.74) is 9.23.